The average molecular weight is 398 g/mol. The Kier molecular flexibility index (Phi) is 4.65. The summed E-state index contributed by atoms with van der Waals surface area (Å²) < 4.78 is 1.18. The van der Waals surface area contributed by atoms with Gasteiger partial charge in [0, 0.05) is 42.6 Å². The van der Waals surface area contributed by atoms with Crippen molar-refractivity contribution >= 4 is 27.5 Å². The molecule has 2 aliphatic rings. The summed E-state index contributed by atoms with van der Waals surface area (Å²) in [6.07, 6.45) is 0.925. The SMILES string of the molecule is CCN1CCN(C2=Nc3cc(C)ccc3Cc3c(Br)cccc32)CC1. The van der Waals surface area contributed by atoms with Crippen LogP contribution in [-0.4, -0.2) is 48.4 Å². The first-order valence-corrected chi connectivity index (χ1v) is 9.88. The Labute approximate surface area is 158 Å². The summed E-state index contributed by atoms with van der Waals surface area (Å²) in [6, 6.07) is 13.1. The number of fused-ring (bicyclic) bond motifs is 2. The number of halogens is 1. The highest BCUT2D eigenvalue weighted by Gasteiger charge is 2.25. The van der Waals surface area contributed by atoms with E-state index in [1.165, 1.54) is 26.7 Å². The number of amidine groups is 1. The zero-order valence-corrected chi connectivity index (χ0v) is 16.5. The highest BCUT2D eigenvalue weighted by molar-refractivity contribution is 9.10. The molecule has 4 heteroatoms. The molecule has 2 aromatic rings. The van der Waals surface area contributed by atoms with Gasteiger partial charge in [0.25, 0.3) is 0 Å². The van der Waals surface area contributed by atoms with Gasteiger partial charge in [-0.3, -0.25) is 0 Å². The lowest BCUT2D eigenvalue weighted by molar-refractivity contribution is 0.190. The number of hydrogen-bond acceptors (Lipinski definition) is 3. The van der Waals surface area contributed by atoms with Crippen LogP contribution in [0.15, 0.2) is 45.9 Å². The second-order valence-electron chi connectivity index (χ2n) is 6.93. The molecular formula is C21H24BrN3. The maximum absolute atomic E-state index is 5.16. The van der Waals surface area contributed by atoms with Crippen LogP contribution in [0.5, 0.6) is 0 Å². The lowest BCUT2D eigenvalue weighted by Crippen LogP contribution is -2.48. The third-order valence-corrected chi connectivity index (χ3v) is 6.06. The van der Waals surface area contributed by atoms with Gasteiger partial charge in [0.05, 0.1) is 5.69 Å². The van der Waals surface area contributed by atoms with E-state index in [1.54, 1.807) is 0 Å². The van der Waals surface area contributed by atoms with Crippen LogP contribution < -0.4 is 0 Å². The maximum Gasteiger partial charge on any atom is 0.136 e. The van der Waals surface area contributed by atoms with Gasteiger partial charge in [0.15, 0.2) is 0 Å². The predicted molar refractivity (Wildman–Crippen MR) is 108 cm³/mol. The molecule has 25 heavy (non-hydrogen) atoms. The van der Waals surface area contributed by atoms with Crippen molar-refractivity contribution in [3.8, 4) is 0 Å². The van der Waals surface area contributed by atoms with E-state index in [9.17, 15) is 0 Å². The van der Waals surface area contributed by atoms with Crippen molar-refractivity contribution < 1.29 is 0 Å². The molecule has 4 rings (SSSR count). The number of aryl methyl sites for hydroxylation is 1. The molecule has 0 amide bonds. The molecule has 0 N–H and O–H groups in total. The molecule has 0 atom stereocenters. The van der Waals surface area contributed by atoms with Crippen molar-refractivity contribution in [3.05, 3.63) is 63.1 Å². The van der Waals surface area contributed by atoms with Crippen molar-refractivity contribution in [2.24, 2.45) is 4.99 Å². The zero-order valence-electron chi connectivity index (χ0n) is 14.9. The summed E-state index contributed by atoms with van der Waals surface area (Å²) >= 11 is 3.77. The number of likely N-dealkylation sites (N-methyl/N-ethyl adjacent to an activating group) is 1. The van der Waals surface area contributed by atoms with Gasteiger partial charge < -0.3 is 9.80 Å². The second kappa shape index (κ2) is 6.93. The van der Waals surface area contributed by atoms with Crippen molar-refractivity contribution in [1.29, 1.82) is 0 Å². The van der Waals surface area contributed by atoms with E-state index in [0.29, 0.717) is 0 Å². The Morgan fingerprint density at radius 1 is 1.08 bits per heavy atom. The summed E-state index contributed by atoms with van der Waals surface area (Å²) in [4.78, 5) is 10.1. The number of benzene rings is 2. The van der Waals surface area contributed by atoms with E-state index >= 15 is 0 Å². The molecule has 2 aromatic carbocycles. The van der Waals surface area contributed by atoms with Crippen molar-refractivity contribution in [3.63, 3.8) is 0 Å². The molecule has 0 aromatic heterocycles. The van der Waals surface area contributed by atoms with Crippen molar-refractivity contribution in [2.75, 3.05) is 32.7 Å². The van der Waals surface area contributed by atoms with Crippen molar-refractivity contribution in [2.45, 2.75) is 20.3 Å². The third kappa shape index (κ3) is 3.25. The molecule has 2 heterocycles. The van der Waals surface area contributed by atoms with Crippen LogP contribution >= 0.6 is 15.9 Å². The zero-order chi connectivity index (χ0) is 17.4. The van der Waals surface area contributed by atoms with Crippen LogP contribution in [0.2, 0.25) is 0 Å². The fraction of sp³-hybridized carbons (Fsp3) is 0.381. The smallest absolute Gasteiger partial charge is 0.136 e. The molecule has 0 aliphatic carbocycles. The monoisotopic (exact) mass is 397 g/mol. The van der Waals surface area contributed by atoms with Gasteiger partial charge in [-0.2, -0.15) is 0 Å². The summed E-state index contributed by atoms with van der Waals surface area (Å²) in [5.41, 5.74) is 6.31. The van der Waals surface area contributed by atoms with Crippen LogP contribution in [-0.2, 0) is 6.42 Å². The third-order valence-electron chi connectivity index (χ3n) is 5.31. The topological polar surface area (TPSA) is 18.8 Å². The van der Waals surface area contributed by atoms with Gasteiger partial charge in [-0.25, -0.2) is 4.99 Å². The Hall–Kier alpha value is -1.65. The molecule has 3 nitrogen and oxygen atoms in total. The average Bonchev–Trinajstić information content (AvgIpc) is 2.79. The minimum absolute atomic E-state index is 0.925. The van der Waals surface area contributed by atoms with Crippen LogP contribution in [0.4, 0.5) is 5.69 Å². The first kappa shape index (κ1) is 16.8. The largest absolute Gasteiger partial charge is 0.354 e. The Morgan fingerprint density at radius 2 is 1.88 bits per heavy atom. The van der Waals surface area contributed by atoms with E-state index in [-0.39, 0.29) is 0 Å². The molecule has 0 unspecified atom stereocenters. The number of aliphatic imine (C=N–C) groups is 1. The lowest BCUT2D eigenvalue weighted by atomic mass is 9.98. The molecule has 0 bridgehead atoms. The maximum atomic E-state index is 5.16. The fourth-order valence-corrected chi connectivity index (χ4v) is 4.26. The van der Waals surface area contributed by atoms with E-state index in [2.05, 4.69) is 76.0 Å². The van der Waals surface area contributed by atoms with Crippen LogP contribution in [0.3, 0.4) is 0 Å². The van der Waals surface area contributed by atoms with E-state index in [4.69, 9.17) is 4.99 Å². The summed E-state index contributed by atoms with van der Waals surface area (Å²) in [7, 11) is 0. The fourth-order valence-electron chi connectivity index (χ4n) is 3.76. The number of hydrogen-bond donors (Lipinski definition) is 0. The Bertz CT molecular complexity index is 820. The minimum Gasteiger partial charge on any atom is -0.354 e. The normalized spacial score (nSPS) is 17.6. The first-order chi connectivity index (χ1) is 12.2. The second-order valence-corrected chi connectivity index (χ2v) is 7.79. The number of piperazine rings is 1. The molecule has 1 saturated heterocycles. The van der Waals surface area contributed by atoms with Gasteiger partial charge in [0.1, 0.15) is 5.84 Å². The van der Waals surface area contributed by atoms with Crippen molar-refractivity contribution in [1.82, 2.24) is 9.80 Å². The summed E-state index contributed by atoms with van der Waals surface area (Å²) in [5.74, 6) is 1.14. The highest BCUT2D eigenvalue weighted by Crippen LogP contribution is 2.34. The van der Waals surface area contributed by atoms with E-state index in [0.717, 1.165) is 50.7 Å². The molecule has 130 valence electrons. The van der Waals surface area contributed by atoms with Gasteiger partial charge in [-0.15, -0.1) is 0 Å². The molecule has 1 fully saturated rings. The Balaban J connectivity index is 1.81. The summed E-state index contributed by atoms with van der Waals surface area (Å²) in [6.45, 7) is 9.82. The number of nitrogens with zero attached hydrogens (tertiary/aromatic N) is 3. The molecule has 2 aliphatic heterocycles. The molecule has 0 saturated carbocycles. The molecule has 0 radical (unpaired) electrons. The number of rotatable bonds is 1. The minimum atomic E-state index is 0.925. The Morgan fingerprint density at radius 3 is 2.64 bits per heavy atom. The quantitative estimate of drug-likeness (QED) is 0.710. The van der Waals surface area contributed by atoms with E-state index in [1.807, 2.05) is 0 Å². The van der Waals surface area contributed by atoms with Crippen LogP contribution in [0.1, 0.15) is 29.2 Å². The van der Waals surface area contributed by atoms with Gasteiger partial charge in [-0.05, 0) is 42.3 Å². The standard InChI is InChI=1S/C21H24BrN3/c1-3-24-9-11-25(12-10-24)21-17-5-4-6-19(22)18(17)14-16-8-7-15(2)13-20(16)23-21/h4-8,13H,3,9-12,14H2,1-2H3. The predicted octanol–water partition coefficient (Wildman–Crippen LogP) is 4.38. The van der Waals surface area contributed by atoms with E-state index < -0.39 is 0 Å². The van der Waals surface area contributed by atoms with Gasteiger partial charge >= 0.3 is 0 Å². The highest BCUT2D eigenvalue weighted by atomic mass is 79.9. The molecule has 0 spiro atoms. The van der Waals surface area contributed by atoms with Gasteiger partial charge in [-0.1, -0.05) is 47.1 Å². The lowest BCUT2D eigenvalue weighted by Gasteiger charge is -2.36. The van der Waals surface area contributed by atoms with Crippen LogP contribution in [0, 0.1) is 6.92 Å². The van der Waals surface area contributed by atoms with Gasteiger partial charge in [0.2, 0.25) is 0 Å². The summed E-state index contributed by atoms with van der Waals surface area (Å²) in [5, 5.41) is 0. The molecular weight excluding hydrogens is 374 g/mol. The van der Waals surface area contributed by atoms with Crippen LogP contribution in [0.25, 0.3) is 0 Å². The first-order valence-electron chi connectivity index (χ1n) is 9.09.